The molecule has 1 N–H and O–H groups in total. The lowest BCUT2D eigenvalue weighted by molar-refractivity contribution is -0.116. The van der Waals surface area contributed by atoms with Gasteiger partial charge in [-0.15, -0.1) is 0 Å². The highest BCUT2D eigenvalue weighted by Gasteiger charge is 2.23. The zero-order valence-corrected chi connectivity index (χ0v) is 12.0. The first-order valence-corrected chi connectivity index (χ1v) is 7.19. The van der Waals surface area contributed by atoms with Crippen LogP contribution in [0.1, 0.15) is 0 Å². The number of thioether (sulfide) groups is 1. The number of amides is 2. The monoisotopic (exact) mass is 362 g/mol. The van der Waals surface area contributed by atoms with Gasteiger partial charge in [0.25, 0.3) is 5.24 Å². The number of hydrogen-bond acceptors (Lipinski definition) is 3. The van der Waals surface area contributed by atoms with Crippen molar-refractivity contribution in [2.75, 3.05) is 24.2 Å². The molecule has 6 heteroatoms. The maximum Gasteiger partial charge on any atom is 0.282 e. The van der Waals surface area contributed by atoms with Crippen LogP contribution < -0.4 is 5.32 Å². The van der Waals surface area contributed by atoms with Crippen molar-refractivity contribution < 1.29 is 9.59 Å². The Hall–Kier alpha value is -0.760. The molecule has 1 aromatic rings. The van der Waals surface area contributed by atoms with Gasteiger partial charge >= 0.3 is 0 Å². The van der Waals surface area contributed by atoms with Crippen molar-refractivity contribution in [3.8, 4) is 0 Å². The van der Waals surface area contributed by atoms with Crippen molar-refractivity contribution in [2.45, 2.75) is 0 Å². The second-order valence-electron chi connectivity index (χ2n) is 3.59. The molecule has 2 amide bonds. The van der Waals surface area contributed by atoms with Crippen LogP contribution in [0.25, 0.3) is 0 Å². The minimum Gasteiger partial charge on any atom is -0.325 e. The molecule has 0 spiro atoms. The van der Waals surface area contributed by atoms with Crippen LogP contribution in [0.3, 0.4) is 0 Å². The van der Waals surface area contributed by atoms with Gasteiger partial charge in [-0.2, -0.15) is 0 Å². The lowest BCUT2D eigenvalue weighted by Gasteiger charge is -2.14. The average Bonchev–Trinajstić information content (AvgIpc) is 2.64. The third kappa shape index (κ3) is 3.60. The number of anilines is 1. The van der Waals surface area contributed by atoms with Gasteiger partial charge in [-0.25, -0.2) is 0 Å². The quantitative estimate of drug-likeness (QED) is 0.841. The first-order valence-electron chi connectivity index (χ1n) is 5.12. The van der Waals surface area contributed by atoms with Crippen LogP contribution in [0.5, 0.6) is 0 Å². The van der Waals surface area contributed by atoms with E-state index < -0.39 is 0 Å². The summed E-state index contributed by atoms with van der Waals surface area (Å²) in [6.45, 7) is 0.792. The Morgan fingerprint density at radius 3 is 3.00 bits per heavy atom. The zero-order chi connectivity index (χ0) is 12.3. The largest absolute Gasteiger partial charge is 0.325 e. The van der Waals surface area contributed by atoms with E-state index in [1.54, 1.807) is 4.90 Å². The second-order valence-corrected chi connectivity index (χ2v) is 5.89. The molecule has 90 valence electrons. The Morgan fingerprint density at radius 1 is 1.53 bits per heavy atom. The van der Waals surface area contributed by atoms with Crippen LogP contribution in [0.2, 0.25) is 0 Å². The van der Waals surface area contributed by atoms with E-state index in [9.17, 15) is 9.59 Å². The van der Waals surface area contributed by atoms with Gasteiger partial charge in [-0.05, 0) is 40.8 Å². The van der Waals surface area contributed by atoms with E-state index in [4.69, 9.17) is 0 Å². The molecule has 1 fully saturated rings. The summed E-state index contributed by atoms with van der Waals surface area (Å²) in [6, 6.07) is 7.56. The van der Waals surface area contributed by atoms with Crippen LogP contribution in [0.4, 0.5) is 10.5 Å². The zero-order valence-electron chi connectivity index (χ0n) is 8.98. The van der Waals surface area contributed by atoms with Crippen molar-refractivity contribution >= 4 is 51.2 Å². The van der Waals surface area contributed by atoms with E-state index in [1.165, 1.54) is 11.8 Å². The summed E-state index contributed by atoms with van der Waals surface area (Å²) >= 11 is 3.45. The number of halogens is 1. The van der Waals surface area contributed by atoms with Gasteiger partial charge in [0.2, 0.25) is 5.91 Å². The maximum absolute atomic E-state index is 11.7. The van der Waals surface area contributed by atoms with Crippen molar-refractivity contribution in [3.63, 3.8) is 0 Å². The van der Waals surface area contributed by atoms with Gasteiger partial charge in [0.05, 0.1) is 0 Å². The standard InChI is InChI=1S/C11H11IN2O2S/c12-8-2-1-3-9(6-8)13-10(15)7-14-4-5-17-11(14)16/h1-3,6H,4-5,7H2,(H,13,15). The fraction of sp³-hybridized carbons (Fsp3) is 0.273. The number of benzene rings is 1. The van der Waals surface area contributed by atoms with Crippen LogP contribution in [-0.4, -0.2) is 34.9 Å². The maximum atomic E-state index is 11.7. The molecule has 17 heavy (non-hydrogen) atoms. The van der Waals surface area contributed by atoms with E-state index in [-0.39, 0.29) is 17.7 Å². The Morgan fingerprint density at radius 2 is 2.35 bits per heavy atom. The number of hydrogen-bond donors (Lipinski definition) is 1. The fourth-order valence-electron chi connectivity index (χ4n) is 1.51. The topological polar surface area (TPSA) is 49.4 Å². The summed E-state index contributed by atoms with van der Waals surface area (Å²) in [5.41, 5.74) is 0.765. The normalized spacial score (nSPS) is 15.1. The number of rotatable bonds is 3. The highest BCUT2D eigenvalue weighted by atomic mass is 127. The predicted octanol–water partition coefficient (Wildman–Crippen LogP) is 2.40. The van der Waals surface area contributed by atoms with Crippen molar-refractivity contribution in [2.24, 2.45) is 0 Å². The molecule has 0 bridgehead atoms. The number of nitrogens with one attached hydrogen (secondary N) is 1. The molecule has 0 aromatic heterocycles. The average molecular weight is 362 g/mol. The Balaban J connectivity index is 1.91. The molecule has 0 radical (unpaired) electrons. The van der Waals surface area contributed by atoms with Gasteiger partial charge in [0.15, 0.2) is 0 Å². The first kappa shape index (κ1) is 12.7. The smallest absolute Gasteiger partial charge is 0.282 e. The molecule has 1 aliphatic rings. The summed E-state index contributed by atoms with van der Waals surface area (Å²) in [4.78, 5) is 24.6. The third-order valence-electron chi connectivity index (χ3n) is 2.29. The molecule has 0 atom stereocenters. The van der Waals surface area contributed by atoms with E-state index >= 15 is 0 Å². The van der Waals surface area contributed by atoms with Gasteiger partial charge < -0.3 is 10.2 Å². The number of carbonyl (C=O) groups is 2. The van der Waals surface area contributed by atoms with Gasteiger partial charge in [0, 0.05) is 21.6 Å². The molecule has 2 rings (SSSR count). The first-order chi connectivity index (χ1) is 8.15. The van der Waals surface area contributed by atoms with Gasteiger partial charge in [0.1, 0.15) is 6.54 Å². The Labute approximate surface area is 117 Å². The van der Waals surface area contributed by atoms with Crippen molar-refractivity contribution in [3.05, 3.63) is 27.8 Å². The SMILES string of the molecule is O=C(CN1CCSC1=O)Nc1cccc(I)c1. The molecule has 1 saturated heterocycles. The highest BCUT2D eigenvalue weighted by molar-refractivity contribution is 14.1. The van der Waals surface area contributed by atoms with Crippen LogP contribution >= 0.6 is 34.4 Å². The molecule has 4 nitrogen and oxygen atoms in total. The summed E-state index contributed by atoms with van der Waals surface area (Å²) in [7, 11) is 0. The van der Waals surface area contributed by atoms with E-state index in [1.807, 2.05) is 24.3 Å². The van der Waals surface area contributed by atoms with Crippen LogP contribution in [-0.2, 0) is 4.79 Å². The van der Waals surface area contributed by atoms with Crippen LogP contribution in [0.15, 0.2) is 24.3 Å². The minimum atomic E-state index is -0.150. The molecule has 1 heterocycles. The fourth-order valence-corrected chi connectivity index (χ4v) is 2.88. The minimum absolute atomic E-state index is 0.0113. The summed E-state index contributed by atoms with van der Waals surface area (Å²) in [5.74, 6) is 0.623. The molecular formula is C11H11IN2O2S. The van der Waals surface area contributed by atoms with Gasteiger partial charge in [-0.3, -0.25) is 9.59 Å². The summed E-state index contributed by atoms with van der Waals surface area (Å²) in [5, 5.41) is 2.77. The highest BCUT2D eigenvalue weighted by Crippen LogP contribution is 2.17. The number of nitrogens with zero attached hydrogens (tertiary/aromatic N) is 1. The molecular weight excluding hydrogens is 351 g/mol. The lowest BCUT2D eigenvalue weighted by Crippen LogP contribution is -2.33. The molecule has 0 aliphatic carbocycles. The van der Waals surface area contributed by atoms with Crippen molar-refractivity contribution in [1.82, 2.24) is 4.90 Å². The second kappa shape index (κ2) is 5.72. The Bertz CT molecular complexity index is 453. The van der Waals surface area contributed by atoms with E-state index in [0.29, 0.717) is 6.54 Å². The molecule has 0 unspecified atom stereocenters. The Kier molecular flexibility index (Phi) is 4.27. The summed E-state index contributed by atoms with van der Waals surface area (Å²) < 4.78 is 1.06. The predicted molar refractivity (Wildman–Crippen MR) is 77.2 cm³/mol. The lowest BCUT2D eigenvalue weighted by atomic mass is 10.3. The summed E-state index contributed by atoms with van der Waals surface area (Å²) in [6.07, 6.45) is 0. The van der Waals surface area contributed by atoms with Crippen LogP contribution in [0, 0.1) is 3.57 Å². The van der Waals surface area contributed by atoms with E-state index in [0.717, 1.165) is 15.0 Å². The van der Waals surface area contributed by atoms with Gasteiger partial charge in [-0.1, -0.05) is 17.8 Å². The molecule has 1 aliphatic heterocycles. The molecule has 0 saturated carbocycles. The number of carbonyl (C=O) groups excluding carboxylic acids is 2. The van der Waals surface area contributed by atoms with Crippen molar-refractivity contribution in [1.29, 1.82) is 0 Å². The third-order valence-corrected chi connectivity index (χ3v) is 3.85. The van der Waals surface area contributed by atoms with E-state index in [2.05, 4.69) is 27.9 Å². The molecule has 1 aromatic carbocycles.